The van der Waals surface area contributed by atoms with Gasteiger partial charge in [-0.15, -0.1) is 11.8 Å². The highest BCUT2D eigenvalue weighted by molar-refractivity contribution is 8.00. The highest BCUT2D eigenvalue weighted by Gasteiger charge is 2.28. The van der Waals surface area contributed by atoms with Crippen LogP contribution < -0.4 is 5.32 Å². The predicted molar refractivity (Wildman–Crippen MR) is 92.2 cm³/mol. The van der Waals surface area contributed by atoms with Crippen molar-refractivity contribution in [2.75, 3.05) is 31.3 Å². The van der Waals surface area contributed by atoms with Gasteiger partial charge in [0, 0.05) is 29.6 Å². The van der Waals surface area contributed by atoms with Crippen molar-refractivity contribution in [1.29, 1.82) is 0 Å². The first-order valence-corrected chi connectivity index (χ1v) is 8.37. The Labute approximate surface area is 139 Å². The Morgan fingerprint density at radius 1 is 1.57 bits per heavy atom. The van der Waals surface area contributed by atoms with Gasteiger partial charge >= 0.3 is 5.97 Å². The summed E-state index contributed by atoms with van der Waals surface area (Å²) in [5.74, 6) is 0.641. The minimum absolute atomic E-state index is 0.191. The molecule has 0 aromatic heterocycles. The molecule has 1 N–H and O–H groups in total. The number of hydrogen-bond acceptors (Lipinski definition) is 4. The molecule has 1 heterocycles. The number of methoxy groups -OCH3 is 1. The monoisotopic (exact) mass is 344 g/mol. The zero-order chi connectivity index (χ0) is 15.4. The van der Waals surface area contributed by atoms with Crippen molar-refractivity contribution < 1.29 is 9.53 Å². The van der Waals surface area contributed by atoms with Crippen LogP contribution in [0.4, 0.5) is 5.69 Å². The van der Waals surface area contributed by atoms with E-state index >= 15 is 0 Å². The summed E-state index contributed by atoms with van der Waals surface area (Å²) in [5.41, 5.74) is 1.85. The largest absolute Gasteiger partial charge is 0.468 e. The second-order valence-electron chi connectivity index (χ2n) is 4.67. The van der Waals surface area contributed by atoms with Crippen molar-refractivity contribution in [2.24, 2.45) is 0 Å². The van der Waals surface area contributed by atoms with E-state index in [0.717, 1.165) is 23.5 Å². The summed E-state index contributed by atoms with van der Waals surface area (Å²) >= 11 is 13.2. The molecule has 7 heteroatoms. The third-order valence-electron chi connectivity index (χ3n) is 3.33. The lowest BCUT2D eigenvalue weighted by atomic mass is 10.2. The Bertz CT molecular complexity index is 554. The number of carbonyl (C=O) groups excluding carboxylic acids is 1. The number of benzene rings is 1. The molecule has 1 aromatic carbocycles. The summed E-state index contributed by atoms with van der Waals surface area (Å²) in [6.07, 6.45) is 0. The Morgan fingerprint density at radius 3 is 3.05 bits per heavy atom. The number of ether oxygens (including phenoxy) is 1. The first-order valence-electron chi connectivity index (χ1n) is 6.53. The number of rotatable bonds is 2. The lowest BCUT2D eigenvalue weighted by Crippen LogP contribution is -2.46. The molecule has 1 aromatic rings. The number of hydrogen-bond donors (Lipinski definition) is 1. The van der Waals surface area contributed by atoms with Gasteiger partial charge in [0.2, 0.25) is 0 Å². The van der Waals surface area contributed by atoms with E-state index in [1.165, 1.54) is 7.11 Å². The maximum atomic E-state index is 11.6. The van der Waals surface area contributed by atoms with Crippen LogP contribution in [-0.2, 0) is 9.53 Å². The minimum atomic E-state index is -0.202. The molecule has 1 aliphatic rings. The highest BCUT2D eigenvalue weighted by atomic mass is 35.5. The van der Waals surface area contributed by atoms with Crippen LogP contribution in [0.2, 0.25) is 5.02 Å². The summed E-state index contributed by atoms with van der Waals surface area (Å²) in [6.45, 7) is 3.31. The van der Waals surface area contributed by atoms with Gasteiger partial charge in [0.15, 0.2) is 5.11 Å². The van der Waals surface area contributed by atoms with E-state index in [1.54, 1.807) is 11.8 Å². The fourth-order valence-electron chi connectivity index (χ4n) is 2.04. The molecule has 114 valence electrons. The highest BCUT2D eigenvalue weighted by Crippen LogP contribution is 2.24. The minimum Gasteiger partial charge on any atom is -0.468 e. The fourth-order valence-corrected chi connectivity index (χ4v) is 3.62. The number of carbonyl (C=O) groups is 1. The van der Waals surface area contributed by atoms with Crippen LogP contribution in [0.15, 0.2) is 18.2 Å². The van der Waals surface area contributed by atoms with E-state index in [0.29, 0.717) is 16.7 Å². The van der Waals surface area contributed by atoms with Crippen LogP contribution in [-0.4, -0.2) is 47.2 Å². The van der Waals surface area contributed by atoms with Gasteiger partial charge in [-0.05, 0) is 36.8 Å². The lowest BCUT2D eigenvalue weighted by molar-refractivity contribution is -0.140. The standard InChI is InChI=1S/C14H17ClN2O2S2/c1-9-10(15)4-3-5-11(9)16-14(20)17-6-7-21-12(8-17)13(18)19-2/h3-5,12H,6-8H2,1-2H3,(H,16,20)/t12-/m0/s1. The number of halogens is 1. The molecular formula is C14H17ClN2O2S2. The third-order valence-corrected chi connectivity index (χ3v) is 5.26. The molecular weight excluding hydrogens is 328 g/mol. The summed E-state index contributed by atoms with van der Waals surface area (Å²) < 4.78 is 4.80. The Kier molecular flexibility index (Phi) is 5.72. The summed E-state index contributed by atoms with van der Waals surface area (Å²) in [4.78, 5) is 13.6. The number of anilines is 1. The maximum Gasteiger partial charge on any atom is 0.320 e. The van der Waals surface area contributed by atoms with Gasteiger partial charge in [-0.1, -0.05) is 17.7 Å². The van der Waals surface area contributed by atoms with E-state index in [2.05, 4.69) is 5.32 Å². The van der Waals surface area contributed by atoms with Gasteiger partial charge in [-0.2, -0.15) is 0 Å². The zero-order valence-corrected chi connectivity index (χ0v) is 14.3. The second kappa shape index (κ2) is 7.33. The Morgan fingerprint density at radius 2 is 2.33 bits per heavy atom. The summed E-state index contributed by atoms with van der Waals surface area (Å²) in [6, 6.07) is 5.66. The molecule has 2 rings (SSSR count). The number of esters is 1. The maximum absolute atomic E-state index is 11.6. The van der Waals surface area contributed by atoms with Gasteiger partial charge in [-0.25, -0.2) is 0 Å². The van der Waals surface area contributed by atoms with E-state index in [4.69, 9.17) is 28.6 Å². The fraction of sp³-hybridized carbons (Fsp3) is 0.429. The molecule has 4 nitrogen and oxygen atoms in total. The lowest BCUT2D eigenvalue weighted by Gasteiger charge is -2.33. The van der Waals surface area contributed by atoms with Crippen molar-refractivity contribution in [2.45, 2.75) is 12.2 Å². The van der Waals surface area contributed by atoms with Crippen LogP contribution in [0.1, 0.15) is 5.56 Å². The van der Waals surface area contributed by atoms with Crippen LogP contribution in [0.25, 0.3) is 0 Å². The van der Waals surface area contributed by atoms with E-state index in [1.807, 2.05) is 30.0 Å². The van der Waals surface area contributed by atoms with Gasteiger partial charge in [0.25, 0.3) is 0 Å². The molecule has 1 fully saturated rings. The number of nitrogens with zero attached hydrogens (tertiary/aromatic N) is 1. The van der Waals surface area contributed by atoms with Crippen LogP contribution in [0.3, 0.4) is 0 Å². The van der Waals surface area contributed by atoms with Crippen LogP contribution in [0, 0.1) is 6.92 Å². The smallest absolute Gasteiger partial charge is 0.320 e. The summed E-state index contributed by atoms with van der Waals surface area (Å²) in [5, 5.41) is 4.32. The summed E-state index contributed by atoms with van der Waals surface area (Å²) in [7, 11) is 1.41. The van der Waals surface area contributed by atoms with Crippen LogP contribution in [0.5, 0.6) is 0 Å². The molecule has 0 radical (unpaired) electrons. The van der Waals surface area contributed by atoms with E-state index in [-0.39, 0.29) is 11.2 Å². The molecule has 0 spiro atoms. The molecule has 1 aliphatic heterocycles. The second-order valence-corrected chi connectivity index (χ2v) is 6.78. The van der Waals surface area contributed by atoms with Crippen molar-refractivity contribution in [3.8, 4) is 0 Å². The van der Waals surface area contributed by atoms with Gasteiger partial charge in [0.1, 0.15) is 5.25 Å². The van der Waals surface area contributed by atoms with Gasteiger partial charge in [-0.3, -0.25) is 4.79 Å². The molecule has 1 atom stereocenters. The Balaban J connectivity index is 2.03. The zero-order valence-electron chi connectivity index (χ0n) is 11.9. The van der Waals surface area contributed by atoms with Crippen molar-refractivity contribution in [3.05, 3.63) is 28.8 Å². The molecule has 0 bridgehead atoms. The van der Waals surface area contributed by atoms with Crippen molar-refractivity contribution >= 4 is 52.3 Å². The van der Waals surface area contributed by atoms with Gasteiger partial charge in [0.05, 0.1) is 7.11 Å². The molecule has 1 saturated heterocycles. The topological polar surface area (TPSA) is 41.6 Å². The Hall–Kier alpha value is -0.980. The molecule has 21 heavy (non-hydrogen) atoms. The van der Waals surface area contributed by atoms with Crippen molar-refractivity contribution in [3.63, 3.8) is 0 Å². The molecule has 0 amide bonds. The first-order chi connectivity index (χ1) is 10.0. The predicted octanol–water partition coefficient (Wildman–Crippen LogP) is 2.94. The normalized spacial score (nSPS) is 18.2. The molecule has 0 saturated carbocycles. The first kappa shape index (κ1) is 16.4. The van der Waals surface area contributed by atoms with E-state index in [9.17, 15) is 4.79 Å². The van der Waals surface area contributed by atoms with Crippen molar-refractivity contribution in [1.82, 2.24) is 4.90 Å². The average molecular weight is 345 g/mol. The number of thiocarbonyl (C=S) groups is 1. The molecule has 0 aliphatic carbocycles. The molecule has 0 unspecified atom stereocenters. The SMILES string of the molecule is COC(=O)[C@@H]1CN(C(=S)Nc2cccc(Cl)c2C)CCS1. The third kappa shape index (κ3) is 4.02. The number of nitrogens with one attached hydrogen (secondary N) is 1. The van der Waals surface area contributed by atoms with E-state index < -0.39 is 0 Å². The van der Waals surface area contributed by atoms with Crippen LogP contribution >= 0.6 is 35.6 Å². The van der Waals surface area contributed by atoms with Gasteiger partial charge < -0.3 is 15.0 Å². The average Bonchev–Trinajstić information content (AvgIpc) is 2.51. The quantitative estimate of drug-likeness (QED) is 0.657. The number of thioether (sulfide) groups is 1.